The van der Waals surface area contributed by atoms with Gasteiger partial charge in [-0.15, -0.1) is 0 Å². The fourth-order valence-corrected chi connectivity index (χ4v) is 3.45. The van der Waals surface area contributed by atoms with Crippen molar-refractivity contribution >= 4 is 38.9 Å². The van der Waals surface area contributed by atoms with E-state index < -0.39 is 31.8 Å². The number of hydrogen-bond acceptors (Lipinski definition) is 7. The molecule has 1 heterocycles. The van der Waals surface area contributed by atoms with Crippen LogP contribution in [0.2, 0.25) is 0 Å². The lowest BCUT2D eigenvalue weighted by molar-refractivity contribution is -0.403. The van der Waals surface area contributed by atoms with Crippen molar-refractivity contribution in [2.75, 3.05) is 0 Å². The molecule has 10 nitrogen and oxygen atoms in total. The molecule has 0 amide bonds. The Balaban J connectivity index is 0.000000190. The molecule has 33 heavy (non-hydrogen) atoms. The lowest BCUT2D eigenvalue weighted by atomic mass is 9.99. The molecule has 0 N–H and O–H groups in total. The van der Waals surface area contributed by atoms with Crippen molar-refractivity contribution in [1.29, 1.82) is 0 Å². The number of fused-ring (bicyclic) bond motifs is 2. The second kappa shape index (κ2) is 8.95. The summed E-state index contributed by atoms with van der Waals surface area (Å²) < 4.78 is 0. The highest BCUT2D eigenvalue weighted by Crippen LogP contribution is 2.29. The molecular weight excluding hydrogens is 428 g/mol. The summed E-state index contributed by atoms with van der Waals surface area (Å²) >= 11 is 0. The number of non-ortho nitro benzene ring substituents is 3. The van der Waals surface area contributed by atoms with Gasteiger partial charge in [0.1, 0.15) is 0 Å². The number of aromatic nitrogens is 1. The van der Waals surface area contributed by atoms with E-state index in [0.29, 0.717) is 18.2 Å². The zero-order chi connectivity index (χ0) is 24.4. The van der Waals surface area contributed by atoms with Gasteiger partial charge >= 0.3 is 0 Å². The first-order valence-corrected chi connectivity index (χ1v) is 9.84. The maximum Gasteiger partial charge on any atom is 0.283 e. The minimum absolute atomic E-state index is 0.660. The summed E-state index contributed by atoms with van der Waals surface area (Å²) in [6.07, 6.45) is 0. The molecule has 0 aliphatic carbocycles. The number of rotatable bonds is 3. The van der Waals surface area contributed by atoms with Crippen LogP contribution in [0.1, 0.15) is 22.3 Å². The molecule has 4 aromatic rings. The van der Waals surface area contributed by atoms with Crippen LogP contribution in [0.3, 0.4) is 0 Å². The van der Waals surface area contributed by atoms with Crippen LogP contribution in [-0.2, 0) is 0 Å². The Bertz CT molecular complexity index is 1240. The third-order valence-corrected chi connectivity index (χ3v) is 5.31. The number of pyridine rings is 1. The van der Waals surface area contributed by atoms with Crippen LogP contribution in [-0.4, -0.2) is 19.8 Å². The Kier molecular flexibility index (Phi) is 6.29. The highest BCUT2D eigenvalue weighted by atomic mass is 16.6. The van der Waals surface area contributed by atoms with Crippen LogP contribution in [0.4, 0.5) is 17.1 Å². The van der Waals surface area contributed by atoms with E-state index in [4.69, 9.17) is 4.98 Å². The van der Waals surface area contributed by atoms with Gasteiger partial charge in [0.25, 0.3) is 17.1 Å². The fraction of sp³-hybridized carbons (Fsp3) is 0.174. The zero-order valence-electron chi connectivity index (χ0n) is 18.4. The number of hydrogen-bond donors (Lipinski definition) is 0. The van der Waals surface area contributed by atoms with Gasteiger partial charge in [-0.25, -0.2) is 4.98 Å². The number of benzene rings is 3. The van der Waals surface area contributed by atoms with Gasteiger partial charge in [-0.3, -0.25) is 30.3 Å². The second-order valence-electron chi connectivity index (χ2n) is 7.66. The van der Waals surface area contributed by atoms with Crippen LogP contribution in [0.5, 0.6) is 0 Å². The van der Waals surface area contributed by atoms with Gasteiger partial charge in [0.2, 0.25) is 0 Å². The molecule has 1 aromatic heterocycles. The summed E-state index contributed by atoms with van der Waals surface area (Å²) in [4.78, 5) is 33.0. The highest BCUT2D eigenvalue weighted by molar-refractivity contribution is 5.98. The van der Waals surface area contributed by atoms with Crippen LogP contribution in [0, 0.1) is 58.0 Å². The predicted octanol–water partition coefficient (Wildman–Crippen LogP) is 6.03. The third kappa shape index (κ3) is 4.74. The van der Waals surface area contributed by atoms with Gasteiger partial charge in [0, 0.05) is 10.8 Å². The molecule has 10 heteroatoms. The average Bonchev–Trinajstić information content (AvgIpc) is 2.78. The Morgan fingerprint density at radius 2 is 0.848 bits per heavy atom. The molecule has 0 fully saturated rings. The van der Waals surface area contributed by atoms with Crippen molar-refractivity contribution in [3.05, 3.63) is 101 Å². The molecule has 0 bridgehead atoms. The first-order valence-electron chi connectivity index (χ1n) is 9.84. The highest BCUT2D eigenvalue weighted by Gasteiger charge is 2.21. The molecular formula is C23H20N4O6. The van der Waals surface area contributed by atoms with Crippen LogP contribution >= 0.6 is 0 Å². The number of nitro benzene ring substituents is 3. The molecule has 168 valence electrons. The van der Waals surface area contributed by atoms with Crippen LogP contribution in [0.15, 0.2) is 48.5 Å². The molecule has 0 radical (unpaired) electrons. The minimum atomic E-state index is -0.931. The number of nitro groups is 3. The van der Waals surface area contributed by atoms with E-state index >= 15 is 0 Å². The first kappa shape index (κ1) is 23.2. The predicted molar refractivity (Wildman–Crippen MR) is 125 cm³/mol. The fourth-order valence-electron chi connectivity index (χ4n) is 3.45. The first-order chi connectivity index (χ1) is 15.5. The van der Waals surface area contributed by atoms with Crippen molar-refractivity contribution in [2.24, 2.45) is 0 Å². The topological polar surface area (TPSA) is 142 Å². The molecule has 0 aliphatic rings. The zero-order valence-corrected chi connectivity index (χ0v) is 18.4. The maximum atomic E-state index is 10.3. The molecule has 0 saturated carbocycles. The van der Waals surface area contributed by atoms with E-state index in [1.807, 2.05) is 0 Å². The van der Waals surface area contributed by atoms with E-state index in [2.05, 4.69) is 58.0 Å². The molecule has 0 aliphatic heterocycles. The van der Waals surface area contributed by atoms with Crippen molar-refractivity contribution in [3.63, 3.8) is 0 Å². The van der Waals surface area contributed by atoms with Gasteiger partial charge in [0.05, 0.1) is 44.0 Å². The molecule has 0 atom stereocenters. The SMILES string of the molecule is Cc1ccc(C)c2nc3c(C)ccc(C)c3cc12.O=[N+]([O-])c1cc([N+](=O)[O-])cc([N+](=O)[O-])c1. The Hall–Kier alpha value is -4.47. The lowest BCUT2D eigenvalue weighted by Gasteiger charge is -2.10. The monoisotopic (exact) mass is 448 g/mol. The van der Waals surface area contributed by atoms with Crippen molar-refractivity contribution in [2.45, 2.75) is 27.7 Å². The molecule has 0 saturated heterocycles. The molecule has 4 rings (SSSR count). The normalized spacial score (nSPS) is 10.5. The van der Waals surface area contributed by atoms with E-state index in [1.54, 1.807) is 0 Å². The van der Waals surface area contributed by atoms with Gasteiger partial charge in [-0.05, 0) is 56.0 Å². The summed E-state index contributed by atoms with van der Waals surface area (Å²) in [5.74, 6) is 0. The summed E-state index contributed by atoms with van der Waals surface area (Å²) in [6.45, 7) is 8.57. The van der Waals surface area contributed by atoms with E-state index in [1.165, 1.54) is 33.0 Å². The largest absolute Gasteiger partial charge is 0.283 e. The average molecular weight is 448 g/mol. The maximum absolute atomic E-state index is 10.3. The van der Waals surface area contributed by atoms with Crippen LogP contribution in [0.25, 0.3) is 21.8 Å². The molecule has 3 aromatic carbocycles. The lowest BCUT2D eigenvalue weighted by Crippen LogP contribution is -1.96. The second-order valence-corrected chi connectivity index (χ2v) is 7.66. The smallest absolute Gasteiger partial charge is 0.258 e. The summed E-state index contributed by atoms with van der Waals surface area (Å²) in [7, 11) is 0. The minimum Gasteiger partial charge on any atom is -0.258 e. The summed E-state index contributed by atoms with van der Waals surface area (Å²) in [5.41, 5.74) is 5.31. The Labute approximate surface area is 187 Å². The number of aryl methyl sites for hydroxylation is 4. The third-order valence-electron chi connectivity index (χ3n) is 5.31. The van der Waals surface area contributed by atoms with Gasteiger partial charge in [0.15, 0.2) is 0 Å². The molecule has 0 spiro atoms. The van der Waals surface area contributed by atoms with Crippen molar-refractivity contribution < 1.29 is 14.8 Å². The van der Waals surface area contributed by atoms with Crippen molar-refractivity contribution in [1.82, 2.24) is 4.98 Å². The summed E-state index contributed by atoms with van der Waals surface area (Å²) in [6, 6.07) is 12.9. The quantitative estimate of drug-likeness (QED) is 0.211. The van der Waals surface area contributed by atoms with Gasteiger partial charge in [-0.2, -0.15) is 0 Å². The molecule has 0 unspecified atom stereocenters. The summed E-state index contributed by atoms with van der Waals surface area (Å²) in [5, 5.41) is 33.5. The van der Waals surface area contributed by atoms with E-state index in [-0.39, 0.29) is 0 Å². The van der Waals surface area contributed by atoms with E-state index in [0.717, 1.165) is 11.0 Å². The van der Waals surface area contributed by atoms with Crippen molar-refractivity contribution in [3.8, 4) is 0 Å². The number of nitrogens with zero attached hydrogens (tertiary/aromatic N) is 4. The Morgan fingerprint density at radius 3 is 1.15 bits per heavy atom. The van der Waals surface area contributed by atoms with Gasteiger partial charge in [-0.1, -0.05) is 24.3 Å². The van der Waals surface area contributed by atoms with E-state index in [9.17, 15) is 30.3 Å². The van der Waals surface area contributed by atoms with Gasteiger partial charge < -0.3 is 0 Å². The Morgan fingerprint density at radius 1 is 0.545 bits per heavy atom. The standard InChI is InChI=1S/C17H17N.C6H3N3O6/c1-10-5-7-12(3)16-14(10)9-15-11(2)6-8-13(4)17(15)18-16;10-7(11)4-1-5(8(12)13)3-6(2-4)9(14)15/h5-9H,1-4H3;1-3H. The van der Waals surface area contributed by atoms with Crippen LogP contribution < -0.4 is 0 Å².